The van der Waals surface area contributed by atoms with Crippen LogP contribution in [0.1, 0.15) is 399 Å². The first-order valence-corrected chi connectivity index (χ1v) is 40.0. The molecule has 12 saturated carbocycles. The summed E-state index contributed by atoms with van der Waals surface area (Å²) in [5.74, 6) is 13.3. The maximum Gasteiger partial charge on any atom is 0.0629 e. The van der Waals surface area contributed by atoms with Gasteiger partial charge < -0.3 is 0 Å². The molecule has 2 aromatic rings. The predicted octanol–water partition coefficient (Wildman–Crippen LogP) is 30.3. The van der Waals surface area contributed by atoms with Gasteiger partial charge in [0.2, 0.25) is 0 Å². The van der Waals surface area contributed by atoms with E-state index in [0.717, 1.165) is 89.8 Å². The third kappa shape index (κ3) is 27.1. The minimum absolute atomic E-state index is 0.00185. The minimum Gasteiger partial charge on any atom is -0.0654 e. The SMILES string of the molecule is CC(C)(C)C12CC3CC(CC(C3)C1)C2.CC(C)(C)C1C2CC3CC(C2)CC1C3.CCC(C)(C)C.CCCC(CC)CC(C)(C)C.Cc1cccc(C)c1C(C)(C)C.[2H]C([2H])(C(CC)CCC)C(C)(C)C.[2H]C1(C(C)(C)C)C2CC3CC(C2)CC1C3.[2H]c1c([2H])c(C)c([2H])c(C(C)(C)C)c1[2H]. The van der Waals surface area contributed by atoms with Crippen molar-refractivity contribution >= 4 is 0 Å². The van der Waals surface area contributed by atoms with Gasteiger partial charge in [0, 0.05) is 4.11 Å². The lowest BCUT2D eigenvalue weighted by atomic mass is 9.43. The molecule has 2 atom stereocenters. The Labute approximate surface area is 596 Å². The van der Waals surface area contributed by atoms with Gasteiger partial charge in [0.1, 0.15) is 0 Å². The molecular weight excluding hydrogens is 1120 g/mol. The second kappa shape index (κ2) is 34.7. The number of hydrogen-bond donors (Lipinski definition) is 0. The van der Waals surface area contributed by atoms with E-state index < -0.39 is 6.37 Å². The Morgan fingerprint density at radius 1 is 0.462 bits per heavy atom. The standard InChI is InChI=1S/3C14H24.C12H18.C11H16.2C11H24.C6H14/c1-13(2,3)14-7-10-4-11(8-14)6-12(5-10)9-14;2*1-14(2,3)13-11-5-9-4-10(7-11)8-12(13)6-9;1-9-7-6-8-10(2)11(9)12(3,4)5;1-9-6-5-7-10(8-9)11(2,3)4;2*1-6-8-10(7-2)9-11(3,4)5;1-5-6(2,3)4/h10-12H,4-9H2,1-3H3;2*9-13H,4-8H2,1-3H3;6-8H,1-5H3;5-8H,1-4H3;2*10H,6-9H2,1-5H3;5H2,1-4H3/i;13D;;;5D,6D,7D,8D;9D2;;. The number of hydrogen-bond acceptors (Lipinski definition) is 0. The number of aryl methyl sites for hydroxylation is 2. The van der Waals surface area contributed by atoms with Crippen molar-refractivity contribution in [1.82, 2.24) is 0 Å². The van der Waals surface area contributed by atoms with Crippen molar-refractivity contribution < 1.29 is 9.60 Å². The van der Waals surface area contributed by atoms with Gasteiger partial charge in [-0.15, -0.1) is 0 Å². The second-order valence-electron chi connectivity index (χ2n) is 42.1. The third-order valence-electron chi connectivity index (χ3n) is 24.5. The van der Waals surface area contributed by atoms with Gasteiger partial charge >= 0.3 is 0 Å². The summed E-state index contributed by atoms with van der Waals surface area (Å²) in [7, 11) is 0. The van der Waals surface area contributed by atoms with Gasteiger partial charge in [0.25, 0.3) is 0 Å². The zero-order valence-electron chi connectivity index (χ0n) is 75.8. The first-order valence-electron chi connectivity index (χ1n) is 43.5. The molecule has 0 nitrogen and oxygen atoms in total. The van der Waals surface area contributed by atoms with Crippen LogP contribution in [0.3, 0.4) is 0 Å². The molecule has 12 fully saturated rings. The molecule has 2 aromatic carbocycles. The average Bonchev–Trinajstić information content (AvgIpc) is 0.726. The van der Waals surface area contributed by atoms with E-state index in [1.165, 1.54) is 80.9 Å². The summed E-state index contributed by atoms with van der Waals surface area (Å²) in [4.78, 5) is 0. The molecule has 0 N–H and O–H groups in total. The van der Waals surface area contributed by atoms with Crippen LogP contribution >= 0.6 is 0 Å². The fraction of sp³-hybridized carbons (Fsp3) is 0.871. The summed E-state index contributed by atoms with van der Waals surface area (Å²) in [6, 6.07) is 6.67. The van der Waals surface area contributed by atoms with Crippen molar-refractivity contribution in [2.75, 3.05) is 0 Å². The topological polar surface area (TPSA) is 0 Å². The molecule has 0 amide bonds. The van der Waals surface area contributed by atoms with E-state index in [2.05, 4.69) is 191 Å². The molecule has 12 aliphatic carbocycles. The Hall–Kier alpha value is -1.56. The Morgan fingerprint density at radius 2 is 0.839 bits per heavy atom. The van der Waals surface area contributed by atoms with E-state index in [0.29, 0.717) is 44.6 Å². The summed E-state index contributed by atoms with van der Waals surface area (Å²) in [5, 5.41) is 0. The van der Waals surface area contributed by atoms with Crippen LogP contribution in [0.5, 0.6) is 0 Å². The van der Waals surface area contributed by atoms with Gasteiger partial charge in [-0.3, -0.25) is 0 Å². The van der Waals surface area contributed by atoms with E-state index in [1.54, 1.807) is 77.6 Å². The van der Waals surface area contributed by atoms with Crippen LogP contribution in [0.15, 0.2) is 42.4 Å². The van der Waals surface area contributed by atoms with Crippen molar-refractivity contribution in [3.8, 4) is 0 Å². The Balaban J connectivity index is 0.000000245. The zero-order chi connectivity index (χ0) is 76.9. The van der Waals surface area contributed by atoms with Crippen LogP contribution in [0.25, 0.3) is 0 Å². The van der Waals surface area contributed by atoms with E-state index in [-0.39, 0.29) is 57.6 Å². The highest BCUT2D eigenvalue weighted by Gasteiger charge is 2.56. The Bertz CT molecular complexity index is 2650. The number of rotatable bonds is 8. The minimum atomic E-state index is -1.04. The predicted molar refractivity (Wildman–Crippen MR) is 420 cm³/mol. The molecule has 0 heteroatoms. The smallest absolute Gasteiger partial charge is 0.0629 e. The van der Waals surface area contributed by atoms with Crippen molar-refractivity contribution in [3.05, 3.63) is 70.2 Å². The second-order valence-corrected chi connectivity index (χ2v) is 42.1. The Morgan fingerprint density at radius 3 is 1.13 bits per heavy atom. The fourth-order valence-electron chi connectivity index (χ4n) is 21.2. The van der Waals surface area contributed by atoms with Crippen LogP contribution in [0.2, 0.25) is 0 Å². The Kier molecular flexibility index (Phi) is 27.1. The molecule has 0 heterocycles. The lowest BCUT2D eigenvalue weighted by Crippen LogP contribution is -2.51. The maximum atomic E-state index is 9.00. The molecule has 0 aromatic heterocycles. The van der Waals surface area contributed by atoms with Crippen LogP contribution < -0.4 is 0 Å². The first kappa shape index (κ1) is 72.7. The average molecular weight is 1290 g/mol. The molecule has 540 valence electrons. The van der Waals surface area contributed by atoms with Crippen molar-refractivity contribution in [2.45, 2.75) is 393 Å². The lowest BCUT2D eigenvalue weighted by molar-refractivity contribution is -0.113. The monoisotopic (exact) mass is 1290 g/mol. The van der Waals surface area contributed by atoms with Gasteiger partial charge in [0.05, 0.1) is 5.48 Å². The zero-order valence-corrected chi connectivity index (χ0v) is 68.8. The highest BCUT2D eigenvalue weighted by molar-refractivity contribution is 5.38. The summed E-state index contributed by atoms with van der Waals surface area (Å²) in [6.07, 6.45) is 33.0. The van der Waals surface area contributed by atoms with Gasteiger partial charge in [-0.1, -0.05) is 294 Å². The summed E-state index contributed by atoms with van der Waals surface area (Å²) < 4.78 is 56.2. The molecule has 2 unspecified atom stereocenters. The van der Waals surface area contributed by atoms with Gasteiger partial charge in [-0.25, -0.2) is 0 Å². The highest BCUT2D eigenvalue weighted by atomic mass is 14.6. The van der Waals surface area contributed by atoms with Crippen molar-refractivity contribution in [3.63, 3.8) is 0 Å². The van der Waals surface area contributed by atoms with Crippen LogP contribution in [-0.4, -0.2) is 0 Å². The largest absolute Gasteiger partial charge is 0.0654 e. The van der Waals surface area contributed by atoms with Crippen molar-refractivity contribution in [1.29, 1.82) is 0 Å². The molecule has 12 aliphatic rings. The van der Waals surface area contributed by atoms with Crippen LogP contribution in [-0.2, 0) is 10.8 Å². The first-order chi connectivity index (χ1) is 45.4. The maximum absolute atomic E-state index is 9.00. The molecule has 14 rings (SSSR count). The van der Waals surface area contributed by atoms with Crippen molar-refractivity contribution in [2.24, 2.45) is 127 Å². The molecule has 0 saturated heterocycles. The summed E-state index contributed by atoms with van der Waals surface area (Å²) in [6.45, 7) is 71.1. The quantitative estimate of drug-likeness (QED) is 0.247. The molecule has 0 radical (unpaired) electrons. The number of benzene rings is 2. The van der Waals surface area contributed by atoms with E-state index in [4.69, 9.17) is 9.60 Å². The van der Waals surface area contributed by atoms with E-state index in [9.17, 15) is 0 Å². The molecule has 0 spiro atoms. The molecule has 0 aliphatic heterocycles. The fourth-order valence-corrected chi connectivity index (χ4v) is 21.2. The molecule has 93 heavy (non-hydrogen) atoms. The third-order valence-corrected chi connectivity index (χ3v) is 24.5. The van der Waals surface area contributed by atoms with E-state index >= 15 is 0 Å². The van der Waals surface area contributed by atoms with Crippen LogP contribution in [0.4, 0.5) is 0 Å². The van der Waals surface area contributed by atoms with Gasteiger partial charge in [0.15, 0.2) is 0 Å². The molecular formula is C93H168. The lowest BCUT2D eigenvalue weighted by Gasteiger charge is -2.62. The summed E-state index contributed by atoms with van der Waals surface area (Å²) >= 11 is 0. The van der Waals surface area contributed by atoms with Crippen LogP contribution in [0, 0.1) is 147 Å². The highest BCUT2D eigenvalue weighted by Crippen LogP contribution is 2.66. The molecule has 12 bridgehead atoms. The van der Waals surface area contributed by atoms with Gasteiger partial charge in [-0.05, 0) is 296 Å². The summed E-state index contributed by atoms with van der Waals surface area (Å²) in [5.41, 5.74) is 8.15. The normalized spacial score (nSPS) is 32.4. The van der Waals surface area contributed by atoms with Gasteiger partial charge in [-0.2, -0.15) is 0 Å². The van der Waals surface area contributed by atoms with E-state index in [1.807, 2.05) is 41.5 Å².